The third-order valence-corrected chi connectivity index (χ3v) is 9.24. The second-order valence-electron chi connectivity index (χ2n) is 12.3. The van der Waals surface area contributed by atoms with Gasteiger partial charge < -0.3 is 24.4 Å². The highest BCUT2D eigenvalue weighted by Gasteiger charge is 2.52. The quantitative estimate of drug-likeness (QED) is 0.375. The van der Waals surface area contributed by atoms with Crippen LogP contribution in [-0.4, -0.2) is 53.5 Å². The Kier molecular flexibility index (Phi) is 8.92. The summed E-state index contributed by atoms with van der Waals surface area (Å²) in [5.41, 5.74) is 2.22. The molecule has 0 aromatic rings. The zero-order valence-electron chi connectivity index (χ0n) is 22.2. The highest BCUT2D eigenvalue weighted by Crippen LogP contribution is 2.61. The number of allylic oxidation sites excluding steroid dienone is 1. The van der Waals surface area contributed by atoms with E-state index in [1.54, 1.807) is 6.92 Å². The van der Waals surface area contributed by atoms with E-state index in [2.05, 4.69) is 34.3 Å². The van der Waals surface area contributed by atoms with Gasteiger partial charge in [0.2, 0.25) is 0 Å². The summed E-state index contributed by atoms with van der Waals surface area (Å²) in [6.07, 6.45) is 4.69. The van der Waals surface area contributed by atoms with Crippen molar-refractivity contribution >= 4 is 5.97 Å². The van der Waals surface area contributed by atoms with E-state index in [-0.39, 0.29) is 0 Å². The molecule has 2 aliphatic carbocycles. The Morgan fingerprint density at radius 2 is 1.91 bits per heavy atom. The zero-order chi connectivity index (χ0) is 25.3. The number of fused-ring (bicyclic) bond motifs is 1. The van der Waals surface area contributed by atoms with Crippen LogP contribution < -0.4 is 0 Å². The molecule has 1 aliphatic heterocycles. The molecule has 0 bridgehead atoms. The number of carbonyl (C=O) groups is 1. The molecule has 6 heteroatoms. The molecule has 6 nitrogen and oxygen atoms in total. The topological polar surface area (TPSA) is 85.2 Å². The maximum atomic E-state index is 11.4. The lowest BCUT2D eigenvalue weighted by molar-refractivity contribution is -0.296. The van der Waals surface area contributed by atoms with Crippen LogP contribution in [0.15, 0.2) is 12.2 Å². The van der Waals surface area contributed by atoms with Crippen molar-refractivity contribution < 1.29 is 29.2 Å². The molecule has 0 amide bonds. The third-order valence-electron chi connectivity index (χ3n) is 9.24. The lowest BCUT2D eigenvalue weighted by Gasteiger charge is -2.58. The summed E-state index contributed by atoms with van der Waals surface area (Å²) >= 11 is 0. The molecule has 2 saturated carbocycles. The maximum absolute atomic E-state index is 11.4. The van der Waals surface area contributed by atoms with Crippen molar-refractivity contribution in [2.45, 2.75) is 124 Å². The minimum Gasteiger partial charge on any atom is -0.457 e. The van der Waals surface area contributed by atoms with E-state index < -0.39 is 36.7 Å². The van der Waals surface area contributed by atoms with Crippen molar-refractivity contribution in [3.05, 3.63) is 12.2 Å². The number of hydrogen-bond acceptors (Lipinski definition) is 6. The molecule has 34 heavy (non-hydrogen) atoms. The summed E-state index contributed by atoms with van der Waals surface area (Å²) in [5.74, 6) is 1.28. The number of rotatable bonds is 8. The molecule has 0 aromatic heterocycles. The van der Waals surface area contributed by atoms with Crippen LogP contribution >= 0.6 is 0 Å². The second kappa shape index (κ2) is 11.0. The number of carbonyl (C=O) groups excluding carboxylic acids is 1. The molecule has 3 fully saturated rings. The van der Waals surface area contributed by atoms with Gasteiger partial charge in [0.15, 0.2) is 12.4 Å². The van der Waals surface area contributed by atoms with Crippen molar-refractivity contribution in [2.75, 3.05) is 6.61 Å². The average Bonchev–Trinajstić information content (AvgIpc) is 2.73. The van der Waals surface area contributed by atoms with Crippen molar-refractivity contribution in [2.24, 2.45) is 28.6 Å². The molecular weight excluding hydrogens is 432 g/mol. The summed E-state index contributed by atoms with van der Waals surface area (Å²) in [5, 5.41) is 20.7. The van der Waals surface area contributed by atoms with Crippen molar-refractivity contribution in [3.63, 3.8) is 0 Å². The van der Waals surface area contributed by atoms with Crippen LogP contribution in [0.4, 0.5) is 0 Å². The van der Waals surface area contributed by atoms with Crippen LogP contribution in [-0.2, 0) is 19.0 Å². The van der Waals surface area contributed by atoms with Gasteiger partial charge in [-0.05, 0) is 74.0 Å². The van der Waals surface area contributed by atoms with Gasteiger partial charge in [-0.1, -0.05) is 52.7 Å². The van der Waals surface area contributed by atoms with Gasteiger partial charge in [0.25, 0.3) is 0 Å². The Hall–Kier alpha value is -0.950. The first-order chi connectivity index (χ1) is 15.9. The minimum absolute atomic E-state index is 0.357. The summed E-state index contributed by atoms with van der Waals surface area (Å²) in [4.78, 5) is 11.4. The molecule has 1 saturated heterocycles. The highest BCUT2D eigenvalue weighted by atomic mass is 16.7. The fraction of sp³-hybridized carbons (Fsp3) is 0.893. The van der Waals surface area contributed by atoms with Gasteiger partial charge in [0.1, 0.15) is 12.2 Å². The first kappa shape index (κ1) is 27.6. The van der Waals surface area contributed by atoms with Gasteiger partial charge in [-0.3, -0.25) is 4.79 Å². The number of ether oxygens (including phenoxy) is 3. The molecule has 3 aliphatic rings. The van der Waals surface area contributed by atoms with Crippen LogP contribution in [0.2, 0.25) is 0 Å². The number of hydrogen-bond donors (Lipinski definition) is 2. The van der Waals surface area contributed by atoms with Crippen LogP contribution in [0.1, 0.15) is 92.9 Å². The van der Waals surface area contributed by atoms with Gasteiger partial charge in [0.05, 0.1) is 12.7 Å². The first-order valence-corrected chi connectivity index (χ1v) is 13.3. The maximum Gasteiger partial charge on any atom is 0.303 e. The van der Waals surface area contributed by atoms with Crippen molar-refractivity contribution in [1.29, 1.82) is 0 Å². The van der Waals surface area contributed by atoms with Gasteiger partial charge in [-0.2, -0.15) is 0 Å². The molecule has 196 valence electrons. The van der Waals surface area contributed by atoms with E-state index in [0.29, 0.717) is 29.3 Å². The molecule has 0 aromatic carbocycles. The number of aliphatic hydroxyl groups excluding tert-OH is 2. The largest absolute Gasteiger partial charge is 0.457 e. The SMILES string of the molecule is C=C1CC[C@@H]2C(C)(C)CCC[C@@]2(C)[C@@H]1CC[C@H](C)CCO[C@@H]1O[C@@H](C)[C@H](O)[C@@H](OC(C)=O)[C@H]1O. The Balaban J connectivity index is 1.50. The molecule has 0 spiro atoms. The fourth-order valence-corrected chi connectivity index (χ4v) is 7.25. The Morgan fingerprint density at radius 1 is 1.21 bits per heavy atom. The summed E-state index contributed by atoms with van der Waals surface area (Å²) in [7, 11) is 0. The molecule has 1 heterocycles. The molecular formula is C28H48O6. The number of aliphatic hydroxyl groups is 2. The fourth-order valence-electron chi connectivity index (χ4n) is 7.25. The van der Waals surface area contributed by atoms with Crippen LogP contribution in [0.3, 0.4) is 0 Å². The third kappa shape index (κ3) is 5.88. The van der Waals surface area contributed by atoms with Crippen molar-refractivity contribution in [1.82, 2.24) is 0 Å². The van der Waals surface area contributed by atoms with E-state index in [0.717, 1.165) is 25.2 Å². The average molecular weight is 481 g/mol. The van der Waals surface area contributed by atoms with Crippen molar-refractivity contribution in [3.8, 4) is 0 Å². The summed E-state index contributed by atoms with van der Waals surface area (Å²) in [6.45, 7) is 17.6. The summed E-state index contributed by atoms with van der Waals surface area (Å²) in [6, 6.07) is 0. The van der Waals surface area contributed by atoms with Crippen LogP contribution in [0, 0.1) is 28.6 Å². The lowest BCUT2D eigenvalue weighted by Crippen LogP contribution is -2.58. The number of esters is 1. The van der Waals surface area contributed by atoms with E-state index >= 15 is 0 Å². The monoisotopic (exact) mass is 480 g/mol. The van der Waals surface area contributed by atoms with Crippen LogP contribution in [0.5, 0.6) is 0 Å². The first-order valence-electron chi connectivity index (χ1n) is 13.3. The van der Waals surface area contributed by atoms with E-state index in [1.165, 1.54) is 44.6 Å². The minimum atomic E-state index is -1.22. The highest BCUT2D eigenvalue weighted by molar-refractivity contribution is 5.66. The zero-order valence-corrected chi connectivity index (χ0v) is 22.2. The van der Waals surface area contributed by atoms with E-state index in [9.17, 15) is 15.0 Å². The predicted molar refractivity (Wildman–Crippen MR) is 132 cm³/mol. The predicted octanol–water partition coefficient (Wildman–Crippen LogP) is 5.01. The Morgan fingerprint density at radius 3 is 2.59 bits per heavy atom. The van der Waals surface area contributed by atoms with Gasteiger partial charge in [-0.25, -0.2) is 0 Å². The van der Waals surface area contributed by atoms with Crippen LogP contribution in [0.25, 0.3) is 0 Å². The molecule has 3 rings (SSSR count). The normalized spacial score (nSPS) is 40.9. The standard InChI is InChI=1S/C28H48O6/c1-17(13-16-32-26-24(31)25(34-20(4)29)23(30)19(3)33-26)9-11-21-18(2)10-12-22-27(5,6)14-8-15-28(21,22)7/h17,19,21-26,30-31H,2,8-16H2,1,3-7H3/t17-,19-,21+,22+,23-,24+,25+,26+,28-/m0/s1. The second-order valence-corrected chi connectivity index (χ2v) is 12.3. The molecule has 0 unspecified atom stereocenters. The van der Waals surface area contributed by atoms with Gasteiger partial charge in [0, 0.05) is 6.92 Å². The van der Waals surface area contributed by atoms with Gasteiger partial charge >= 0.3 is 5.97 Å². The lowest BCUT2D eigenvalue weighted by atomic mass is 9.47. The van der Waals surface area contributed by atoms with E-state index in [1.807, 2.05) is 0 Å². The molecule has 0 radical (unpaired) electrons. The summed E-state index contributed by atoms with van der Waals surface area (Å²) < 4.78 is 16.6. The molecule has 2 N–H and O–H groups in total. The smallest absolute Gasteiger partial charge is 0.303 e. The van der Waals surface area contributed by atoms with Gasteiger partial charge in [-0.15, -0.1) is 0 Å². The Bertz CT molecular complexity index is 720. The molecule has 9 atom stereocenters. The van der Waals surface area contributed by atoms with E-state index in [4.69, 9.17) is 14.2 Å². The Labute approximate surface area is 206 Å².